The standard InChI is InChI=1S/C21H24F3N3O4/c1-13-7-10-17(16(23)12-13)25-20-14(8-9-15(22)19(20)24)21(29)27-31-11-5-3-2-4-6-18(28)26-30/h7-10,12,25,30H,2-6,11H2,1H3,(H,26,28)(H,27,29). The Bertz CT molecular complexity index is 925. The van der Waals surface area contributed by atoms with Crippen molar-refractivity contribution in [1.82, 2.24) is 11.0 Å². The number of hydrogen-bond acceptors (Lipinski definition) is 5. The molecule has 0 saturated heterocycles. The molecule has 2 rings (SSSR count). The zero-order chi connectivity index (χ0) is 22.8. The lowest BCUT2D eigenvalue weighted by Gasteiger charge is -2.14. The zero-order valence-electron chi connectivity index (χ0n) is 16.9. The van der Waals surface area contributed by atoms with E-state index in [2.05, 4.69) is 10.8 Å². The molecule has 168 valence electrons. The average Bonchev–Trinajstić information content (AvgIpc) is 2.74. The lowest BCUT2D eigenvalue weighted by molar-refractivity contribution is -0.129. The number of carbonyl (C=O) groups is 2. The van der Waals surface area contributed by atoms with Crippen molar-refractivity contribution in [2.45, 2.75) is 39.0 Å². The Labute approximate surface area is 177 Å². The largest absolute Gasteiger partial charge is 0.350 e. The van der Waals surface area contributed by atoms with Crippen molar-refractivity contribution in [2.75, 3.05) is 11.9 Å². The van der Waals surface area contributed by atoms with Crippen LogP contribution in [0.4, 0.5) is 24.5 Å². The van der Waals surface area contributed by atoms with Crippen molar-refractivity contribution in [3.63, 3.8) is 0 Å². The van der Waals surface area contributed by atoms with Crippen molar-refractivity contribution in [3.8, 4) is 0 Å². The summed E-state index contributed by atoms with van der Waals surface area (Å²) in [5, 5.41) is 10.8. The number of aryl methyl sites for hydroxylation is 1. The first-order valence-electron chi connectivity index (χ1n) is 9.69. The minimum Gasteiger partial charge on any atom is -0.350 e. The van der Waals surface area contributed by atoms with E-state index in [0.29, 0.717) is 18.4 Å². The molecule has 7 nitrogen and oxygen atoms in total. The Morgan fingerprint density at radius 1 is 1.00 bits per heavy atom. The van der Waals surface area contributed by atoms with Crippen molar-refractivity contribution >= 4 is 23.2 Å². The second-order valence-corrected chi connectivity index (χ2v) is 6.87. The Kier molecular flexibility index (Phi) is 9.29. The number of unbranched alkanes of at least 4 members (excludes halogenated alkanes) is 3. The van der Waals surface area contributed by atoms with Crippen LogP contribution in [0.25, 0.3) is 0 Å². The normalized spacial score (nSPS) is 10.6. The summed E-state index contributed by atoms with van der Waals surface area (Å²) in [5.41, 5.74) is 3.47. The third-order valence-electron chi connectivity index (χ3n) is 4.41. The lowest BCUT2D eigenvalue weighted by atomic mass is 10.1. The first kappa shape index (κ1) is 24.2. The van der Waals surface area contributed by atoms with Crippen LogP contribution in [0.3, 0.4) is 0 Å². The molecule has 4 N–H and O–H groups in total. The van der Waals surface area contributed by atoms with E-state index >= 15 is 0 Å². The van der Waals surface area contributed by atoms with Crippen LogP contribution >= 0.6 is 0 Å². The molecule has 0 heterocycles. The van der Waals surface area contributed by atoms with E-state index in [0.717, 1.165) is 25.0 Å². The van der Waals surface area contributed by atoms with Crippen molar-refractivity contribution in [2.24, 2.45) is 0 Å². The molecule has 31 heavy (non-hydrogen) atoms. The SMILES string of the molecule is Cc1ccc(Nc2c(C(=O)NOCCCCCCC(=O)NO)ccc(F)c2F)c(F)c1. The van der Waals surface area contributed by atoms with Crippen LogP contribution in [-0.4, -0.2) is 23.6 Å². The molecule has 2 aromatic carbocycles. The van der Waals surface area contributed by atoms with Gasteiger partial charge in [0.05, 0.1) is 23.5 Å². The maximum atomic E-state index is 14.3. The number of benzene rings is 2. The molecule has 0 aliphatic heterocycles. The highest BCUT2D eigenvalue weighted by molar-refractivity contribution is 6.00. The molecule has 10 heteroatoms. The van der Waals surface area contributed by atoms with Gasteiger partial charge < -0.3 is 5.32 Å². The Morgan fingerprint density at radius 2 is 1.74 bits per heavy atom. The van der Waals surface area contributed by atoms with E-state index in [-0.39, 0.29) is 24.3 Å². The predicted molar refractivity (Wildman–Crippen MR) is 107 cm³/mol. The summed E-state index contributed by atoms with van der Waals surface area (Å²) >= 11 is 0. The Balaban J connectivity index is 1.92. The van der Waals surface area contributed by atoms with Gasteiger partial charge in [0.1, 0.15) is 5.82 Å². The fourth-order valence-corrected chi connectivity index (χ4v) is 2.76. The van der Waals surface area contributed by atoms with Gasteiger partial charge in [0, 0.05) is 6.42 Å². The van der Waals surface area contributed by atoms with Gasteiger partial charge in [-0.1, -0.05) is 18.9 Å². The fraction of sp³-hybridized carbons (Fsp3) is 0.333. The van der Waals surface area contributed by atoms with Crippen molar-refractivity contribution in [3.05, 3.63) is 58.9 Å². The molecular weight excluding hydrogens is 415 g/mol. The summed E-state index contributed by atoms with van der Waals surface area (Å²) in [6.07, 6.45) is 2.83. The molecule has 0 aliphatic rings. The van der Waals surface area contributed by atoms with E-state index in [1.165, 1.54) is 12.1 Å². The second-order valence-electron chi connectivity index (χ2n) is 6.87. The first-order chi connectivity index (χ1) is 14.8. The monoisotopic (exact) mass is 439 g/mol. The third-order valence-corrected chi connectivity index (χ3v) is 4.41. The first-order valence-corrected chi connectivity index (χ1v) is 9.69. The number of hydroxylamine groups is 2. The fourth-order valence-electron chi connectivity index (χ4n) is 2.76. The molecule has 0 aliphatic carbocycles. The summed E-state index contributed by atoms with van der Waals surface area (Å²) in [6, 6.07) is 6.03. The smallest absolute Gasteiger partial charge is 0.277 e. The van der Waals surface area contributed by atoms with E-state index in [4.69, 9.17) is 10.0 Å². The minimum absolute atomic E-state index is 0.111. The predicted octanol–water partition coefficient (Wildman–Crippen LogP) is 4.27. The Hall–Kier alpha value is -3.11. The third kappa shape index (κ3) is 7.26. The molecular formula is C21H24F3N3O4. The van der Waals surface area contributed by atoms with Gasteiger partial charge in [0.15, 0.2) is 11.6 Å². The number of anilines is 2. The molecule has 2 aromatic rings. The number of rotatable bonds is 11. The number of nitrogens with one attached hydrogen (secondary N) is 3. The van der Waals surface area contributed by atoms with E-state index < -0.39 is 35.0 Å². The highest BCUT2D eigenvalue weighted by Crippen LogP contribution is 2.28. The molecule has 0 saturated carbocycles. The Morgan fingerprint density at radius 3 is 2.45 bits per heavy atom. The van der Waals surface area contributed by atoms with Gasteiger partial charge in [0.2, 0.25) is 5.91 Å². The van der Waals surface area contributed by atoms with Crippen LogP contribution in [0, 0.1) is 24.4 Å². The summed E-state index contributed by atoms with van der Waals surface area (Å²) in [5.74, 6) is -4.47. The molecule has 0 bridgehead atoms. The molecule has 0 radical (unpaired) electrons. The van der Waals surface area contributed by atoms with Gasteiger partial charge in [-0.15, -0.1) is 0 Å². The molecule has 0 unspecified atom stereocenters. The average molecular weight is 439 g/mol. The quantitative estimate of drug-likeness (QED) is 0.238. The highest BCUT2D eigenvalue weighted by atomic mass is 19.2. The van der Waals surface area contributed by atoms with E-state index in [1.54, 1.807) is 18.5 Å². The minimum atomic E-state index is -1.32. The van der Waals surface area contributed by atoms with Crippen LogP contribution in [0.5, 0.6) is 0 Å². The summed E-state index contributed by atoms with van der Waals surface area (Å²) in [6.45, 7) is 1.84. The molecule has 2 amide bonds. The number of amides is 2. The van der Waals surface area contributed by atoms with E-state index in [9.17, 15) is 22.8 Å². The van der Waals surface area contributed by atoms with Crippen LogP contribution in [-0.2, 0) is 9.63 Å². The van der Waals surface area contributed by atoms with Crippen LogP contribution < -0.4 is 16.3 Å². The van der Waals surface area contributed by atoms with Crippen LogP contribution in [0.2, 0.25) is 0 Å². The van der Waals surface area contributed by atoms with Gasteiger partial charge >= 0.3 is 0 Å². The van der Waals surface area contributed by atoms with Gasteiger partial charge in [-0.05, 0) is 49.6 Å². The van der Waals surface area contributed by atoms with Crippen molar-refractivity contribution in [1.29, 1.82) is 0 Å². The highest BCUT2D eigenvalue weighted by Gasteiger charge is 2.20. The van der Waals surface area contributed by atoms with E-state index in [1.807, 2.05) is 0 Å². The van der Waals surface area contributed by atoms with Gasteiger partial charge in [-0.25, -0.2) is 24.1 Å². The number of hydrogen-bond donors (Lipinski definition) is 4. The van der Waals surface area contributed by atoms with Crippen LogP contribution in [0.15, 0.2) is 30.3 Å². The van der Waals surface area contributed by atoms with Gasteiger partial charge in [0.25, 0.3) is 5.91 Å². The number of carbonyl (C=O) groups excluding carboxylic acids is 2. The van der Waals surface area contributed by atoms with Crippen LogP contribution in [0.1, 0.15) is 48.0 Å². The topological polar surface area (TPSA) is 99.7 Å². The summed E-state index contributed by atoms with van der Waals surface area (Å²) in [4.78, 5) is 28.3. The summed E-state index contributed by atoms with van der Waals surface area (Å²) < 4.78 is 42.1. The number of halogens is 3. The zero-order valence-corrected chi connectivity index (χ0v) is 16.9. The maximum Gasteiger partial charge on any atom is 0.277 e. The van der Waals surface area contributed by atoms with Gasteiger partial charge in [-0.3, -0.25) is 19.6 Å². The second kappa shape index (κ2) is 11.9. The lowest BCUT2D eigenvalue weighted by Crippen LogP contribution is -2.25. The van der Waals surface area contributed by atoms with Crippen molar-refractivity contribution < 1.29 is 32.8 Å². The van der Waals surface area contributed by atoms with Gasteiger partial charge in [-0.2, -0.15) is 0 Å². The molecule has 0 atom stereocenters. The molecule has 0 spiro atoms. The molecule has 0 fully saturated rings. The molecule has 0 aromatic heterocycles. The maximum absolute atomic E-state index is 14.3. The summed E-state index contributed by atoms with van der Waals surface area (Å²) in [7, 11) is 0.